The smallest absolute Gasteiger partial charge is 0.164 e. The highest BCUT2D eigenvalue weighted by Crippen LogP contribution is 2.42. The van der Waals surface area contributed by atoms with Crippen LogP contribution < -0.4 is 0 Å². The fraction of sp³-hybridized carbons (Fsp3) is 0.0317. The van der Waals surface area contributed by atoms with Crippen molar-refractivity contribution >= 4 is 49.4 Å². The van der Waals surface area contributed by atoms with Crippen LogP contribution in [0.4, 0.5) is 0 Å². The van der Waals surface area contributed by atoms with Gasteiger partial charge in [0.25, 0.3) is 0 Å². The second-order valence-electron chi connectivity index (χ2n) is 17.5. The van der Waals surface area contributed by atoms with Crippen LogP contribution in [0.2, 0.25) is 0 Å². The van der Waals surface area contributed by atoms with Gasteiger partial charge in [-0.15, -0.1) is 0 Å². The van der Waals surface area contributed by atoms with Gasteiger partial charge in [-0.05, 0) is 122 Å². The topological polar surface area (TPSA) is 43.6 Å². The molecule has 0 fully saturated rings. The standard InChI is InChI=1S/C63H42N4/c1-4-15-41(16-5-1)43-27-29-45(30-28-43)62-64-61(44-19-8-3-9-20-44)65-63(66-62)54-33-34-58(53-32-31-52(36-55(53)54)47-26-14-25-46(35-47)42-17-6-2-7-18-42)67-59-39-50-23-12-10-21-48(50)37-56(59)57-38-49-22-11-13-24-51(49)40-60(57)67/h1-10,12-21,23-40H,11,22H2. The van der Waals surface area contributed by atoms with Gasteiger partial charge in [-0.25, -0.2) is 15.0 Å². The third-order valence-electron chi connectivity index (χ3n) is 13.5. The fourth-order valence-electron chi connectivity index (χ4n) is 10.1. The van der Waals surface area contributed by atoms with Gasteiger partial charge < -0.3 is 4.57 Å². The highest BCUT2D eigenvalue weighted by molar-refractivity contribution is 6.16. The van der Waals surface area contributed by atoms with Gasteiger partial charge in [-0.3, -0.25) is 0 Å². The Morgan fingerprint density at radius 2 is 0.866 bits per heavy atom. The molecule has 12 aromatic rings. The summed E-state index contributed by atoms with van der Waals surface area (Å²) in [6.45, 7) is 0. The molecular formula is C63H42N4. The van der Waals surface area contributed by atoms with Gasteiger partial charge in [-0.2, -0.15) is 0 Å². The molecule has 314 valence electrons. The van der Waals surface area contributed by atoms with Crippen LogP contribution >= 0.6 is 0 Å². The number of allylic oxidation sites excluding steroid dienone is 1. The van der Waals surface area contributed by atoms with Crippen LogP contribution in [0, 0.1) is 0 Å². The molecule has 0 radical (unpaired) electrons. The van der Waals surface area contributed by atoms with Gasteiger partial charge in [0.15, 0.2) is 17.5 Å². The van der Waals surface area contributed by atoms with Crippen molar-refractivity contribution in [2.45, 2.75) is 12.8 Å². The molecule has 0 N–H and O–H groups in total. The number of rotatable bonds is 7. The molecule has 0 bridgehead atoms. The highest BCUT2D eigenvalue weighted by Gasteiger charge is 2.22. The first-order valence-electron chi connectivity index (χ1n) is 23.1. The van der Waals surface area contributed by atoms with E-state index >= 15 is 0 Å². The Morgan fingerprint density at radius 3 is 1.60 bits per heavy atom. The predicted molar refractivity (Wildman–Crippen MR) is 279 cm³/mol. The Kier molecular flexibility index (Phi) is 9.28. The lowest BCUT2D eigenvalue weighted by Crippen LogP contribution is -2.02. The summed E-state index contributed by atoms with van der Waals surface area (Å²) >= 11 is 0. The maximum atomic E-state index is 5.35. The molecule has 0 saturated carbocycles. The Morgan fingerprint density at radius 1 is 0.343 bits per heavy atom. The van der Waals surface area contributed by atoms with Crippen molar-refractivity contribution < 1.29 is 0 Å². The Bertz CT molecular complexity index is 3890. The van der Waals surface area contributed by atoms with Gasteiger partial charge >= 0.3 is 0 Å². The van der Waals surface area contributed by atoms with E-state index in [0.717, 1.165) is 62.7 Å². The molecule has 0 saturated heterocycles. The molecule has 67 heavy (non-hydrogen) atoms. The van der Waals surface area contributed by atoms with Crippen LogP contribution in [0.25, 0.3) is 123 Å². The zero-order valence-electron chi connectivity index (χ0n) is 36.6. The van der Waals surface area contributed by atoms with E-state index in [4.69, 9.17) is 15.0 Å². The number of nitrogens with zero attached hydrogens (tertiary/aromatic N) is 4. The first-order valence-corrected chi connectivity index (χ1v) is 23.1. The zero-order valence-corrected chi connectivity index (χ0v) is 36.6. The Balaban J connectivity index is 1.07. The molecule has 13 rings (SSSR count). The minimum absolute atomic E-state index is 0.621. The molecule has 0 atom stereocenters. The van der Waals surface area contributed by atoms with Crippen molar-refractivity contribution in [3.05, 3.63) is 236 Å². The molecular weight excluding hydrogens is 813 g/mol. The molecule has 0 amide bonds. The predicted octanol–water partition coefficient (Wildman–Crippen LogP) is 16.2. The molecule has 4 nitrogen and oxygen atoms in total. The lowest BCUT2D eigenvalue weighted by atomic mass is 9.94. The monoisotopic (exact) mass is 854 g/mol. The van der Waals surface area contributed by atoms with E-state index in [1.807, 2.05) is 24.3 Å². The van der Waals surface area contributed by atoms with Crippen LogP contribution in [0.1, 0.15) is 17.5 Å². The number of fused-ring (bicyclic) bond motifs is 6. The van der Waals surface area contributed by atoms with Gasteiger partial charge in [0.2, 0.25) is 0 Å². The normalized spacial score (nSPS) is 12.3. The maximum absolute atomic E-state index is 5.35. The second-order valence-corrected chi connectivity index (χ2v) is 17.5. The average molecular weight is 855 g/mol. The van der Waals surface area contributed by atoms with E-state index in [9.17, 15) is 0 Å². The largest absolute Gasteiger partial charge is 0.309 e. The fourth-order valence-corrected chi connectivity index (χ4v) is 10.1. The second kappa shape index (κ2) is 16.1. The van der Waals surface area contributed by atoms with Gasteiger partial charge in [0, 0.05) is 32.8 Å². The third-order valence-corrected chi connectivity index (χ3v) is 13.5. The van der Waals surface area contributed by atoms with E-state index in [2.05, 4.69) is 211 Å². The molecule has 10 aromatic carbocycles. The number of hydrogen-bond donors (Lipinski definition) is 0. The summed E-state index contributed by atoms with van der Waals surface area (Å²) in [5.74, 6) is 1.87. The van der Waals surface area contributed by atoms with Crippen LogP contribution in [0.15, 0.2) is 224 Å². The highest BCUT2D eigenvalue weighted by atomic mass is 15.0. The lowest BCUT2D eigenvalue weighted by Gasteiger charge is -2.17. The molecule has 4 heteroatoms. The molecule has 1 aliphatic rings. The molecule has 2 heterocycles. The van der Waals surface area contributed by atoms with Crippen molar-refractivity contribution in [1.29, 1.82) is 0 Å². The van der Waals surface area contributed by atoms with E-state index < -0.39 is 0 Å². The third kappa shape index (κ3) is 6.90. The lowest BCUT2D eigenvalue weighted by molar-refractivity contribution is 0.988. The van der Waals surface area contributed by atoms with Crippen LogP contribution in [0.3, 0.4) is 0 Å². The Hall–Kier alpha value is -8.73. The summed E-state index contributed by atoms with van der Waals surface area (Å²) in [4.78, 5) is 15.8. The van der Waals surface area contributed by atoms with Crippen molar-refractivity contribution in [2.24, 2.45) is 0 Å². The number of aromatic nitrogens is 4. The van der Waals surface area contributed by atoms with Crippen molar-refractivity contribution in [2.75, 3.05) is 0 Å². The van der Waals surface area contributed by atoms with Crippen molar-refractivity contribution in [1.82, 2.24) is 19.5 Å². The quantitative estimate of drug-likeness (QED) is 0.160. The summed E-state index contributed by atoms with van der Waals surface area (Å²) in [7, 11) is 0. The van der Waals surface area contributed by atoms with E-state index in [0.29, 0.717) is 17.5 Å². The minimum atomic E-state index is 0.621. The Labute approximate surface area is 388 Å². The number of aryl methyl sites for hydroxylation is 1. The van der Waals surface area contributed by atoms with E-state index in [-0.39, 0.29) is 0 Å². The minimum Gasteiger partial charge on any atom is -0.309 e. The first-order chi connectivity index (χ1) is 33.2. The molecule has 2 aromatic heterocycles. The summed E-state index contributed by atoms with van der Waals surface area (Å²) < 4.78 is 2.49. The SMILES string of the molecule is C1=Cc2cc3c(cc2CC1)c1cc2ccccc2cc1n3-c1ccc(-c2nc(-c3ccccc3)nc(-c3ccc(-c4ccccc4)cc3)n2)c2cc(-c3cccc(-c4ccccc4)c3)ccc12. The van der Waals surface area contributed by atoms with Gasteiger partial charge in [0.1, 0.15) is 0 Å². The molecule has 1 aliphatic carbocycles. The number of benzene rings is 10. The van der Waals surface area contributed by atoms with Gasteiger partial charge in [0.05, 0.1) is 16.7 Å². The van der Waals surface area contributed by atoms with Gasteiger partial charge in [-0.1, -0.05) is 182 Å². The van der Waals surface area contributed by atoms with Crippen LogP contribution in [-0.2, 0) is 6.42 Å². The molecule has 0 spiro atoms. The summed E-state index contributed by atoms with van der Waals surface area (Å²) in [5.41, 5.74) is 15.9. The summed E-state index contributed by atoms with van der Waals surface area (Å²) in [6.07, 6.45) is 6.71. The first kappa shape index (κ1) is 38.7. The van der Waals surface area contributed by atoms with Crippen molar-refractivity contribution in [3.63, 3.8) is 0 Å². The summed E-state index contributed by atoms with van der Waals surface area (Å²) in [6, 6.07) is 78.4. The average Bonchev–Trinajstić information content (AvgIpc) is 3.70. The number of hydrogen-bond acceptors (Lipinski definition) is 3. The summed E-state index contributed by atoms with van der Waals surface area (Å²) in [5, 5.41) is 7.15. The van der Waals surface area contributed by atoms with Crippen molar-refractivity contribution in [3.8, 4) is 73.2 Å². The molecule has 0 unspecified atom stereocenters. The zero-order chi connectivity index (χ0) is 44.3. The van der Waals surface area contributed by atoms with Crippen LogP contribution in [-0.4, -0.2) is 19.5 Å². The maximum Gasteiger partial charge on any atom is 0.164 e. The van der Waals surface area contributed by atoms with E-state index in [1.165, 1.54) is 60.4 Å². The van der Waals surface area contributed by atoms with E-state index in [1.54, 1.807) is 0 Å². The molecule has 0 aliphatic heterocycles. The van der Waals surface area contributed by atoms with Crippen LogP contribution in [0.5, 0.6) is 0 Å².